The van der Waals surface area contributed by atoms with Crippen LogP contribution in [0.1, 0.15) is 32.1 Å². The molecule has 1 unspecified atom stereocenters. The molecular formula is C15H21ClN2O2. The second-order valence-corrected chi connectivity index (χ2v) is 5.62. The summed E-state index contributed by atoms with van der Waals surface area (Å²) < 4.78 is 5.64. The molecule has 0 radical (unpaired) electrons. The molecule has 1 fully saturated rings. The SMILES string of the molecule is CN(C(=O)CCC1CCCCO1)c1cc(Cl)ccc1N. The number of ether oxygens (including phenoxy) is 1. The van der Waals surface area contributed by atoms with E-state index < -0.39 is 0 Å². The molecule has 2 N–H and O–H groups in total. The van der Waals surface area contributed by atoms with Crippen molar-refractivity contribution in [2.45, 2.75) is 38.2 Å². The predicted molar refractivity (Wildman–Crippen MR) is 82.1 cm³/mol. The molecule has 0 saturated carbocycles. The molecule has 1 amide bonds. The molecule has 1 atom stereocenters. The molecule has 0 aliphatic carbocycles. The molecule has 4 nitrogen and oxygen atoms in total. The third-order valence-electron chi connectivity index (χ3n) is 3.68. The van der Waals surface area contributed by atoms with E-state index in [0.717, 1.165) is 25.9 Å². The van der Waals surface area contributed by atoms with E-state index in [0.29, 0.717) is 22.8 Å². The number of halogens is 1. The van der Waals surface area contributed by atoms with Crippen LogP contribution in [0.3, 0.4) is 0 Å². The minimum absolute atomic E-state index is 0.0353. The van der Waals surface area contributed by atoms with Gasteiger partial charge in [-0.3, -0.25) is 4.79 Å². The lowest BCUT2D eigenvalue weighted by Gasteiger charge is -2.24. The van der Waals surface area contributed by atoms with Gasteiger partial charge < -0.3 is 15.4 Å². The van der Waals surface area contributed by atoms with Crippen LogP contribution in [0.15, 0.2) is 18.2 Å². The highest BCUT2D eigenvalue weighted by Gasteiger charge is 2.18. The number of carbonyl (C=O) groups is 1. The molecule has 20 heavy (non-hydrogen) atoms. The number of nitrogen functional groups attached to an aromatic ring is 1. The molecule has 1 heterocycles. The fourth-order valence-electron chi connectivity index (χ4n) is 2.43. The summed E-state index contributed by atoms with van der Waals surface area (Å²) in [7, 11) is 1.73. The van der Waals surface area contributed by atoms with Crippen molar-refractivity contribution in [3.8, 4) is 0 Å². The maximum absolute atomic E-state index is 12.2. The average Bonchev–Trinajstić information content (AvgIpc) is 2.47. The molecule has 2 rings (SSSR count). The van der Waals surface area contributed by atoms with Crippen LogP contribution in [0, 0.1) is 0 Å². The average molecular weight is 297 g/mol. The number of nitrogens with two attached hydrogens (primary N) is 1. The lowest BCUT2D eigenvalue weighted by Crippen LogP contribution is -2.29. The van der Waals surface area contributed by atoms with Crippen LogP contribution in [0.2, 0.25) is 5.02 Å². The van der Waals surface area contributed by atoms with Crippen LogP contribution in [-0.4, -0.2) is 25.7 Å². The van der Waals surface area contributed by atoms with Crippen molar-refractivity contribution >= 4 is 28.9 Å². The van der Waals surface area contributed by atoms with E-state index in [1.807, 2.05) is 0 Å². The van der Waals surface area contributed by atoms with E-state index in [1.165, 1.54) is 6.42 Å². The number of amides is 1. The van der Waals surface area contributed by atoms with Gasteiger partial charge in [-0.25, -0.2) is 0 Å². The smallest absolute Gasteiger partial charge is 0.226 e. The van der Waals surface area contributed by atoms with Crippen molar-refractivity contribution in [3.05, 3.63) is 23.2 Å². The van der Waals surface area contributed by atoms with E-state index in [9.17, 15) is 4.79 Å². The third-order valence-corrected chi connectivity index (χ3v) is 3.92. The Kier molecular flexibility index (Phi) is 5.26. The summed E-state index contributed by atoms with van der Waals surface area (Å²) >= 11 is 5.95. The lowest BCUT2D eigenvalue weighted by atomic mass is 10.0. The fourth-order valence-corrected chi connectivity index (χ4v) is 2.60. The Balaban J connectivity index is 1.92. The summed E-state index contributed by atoms with van der Waals surface area (Å²) in [5.41, 5.74) is 7.10. The Morgan fingerprint density at radius 3 is 3.00 bits per heavy atom. The largest absolute Gasteiger partial charge is 0.397 e. The standard InChI is InChI=1S/C15H21ClN2O2/c1-18(14-10-11(16)5-7-13(14)17)15(19)8-6-12-4-2-3-9-20-12/h5,7,10,12H,2-4,6,8-9,17H2,1H3. The van der Waals surface area contributed by atoms with Gasteiger partial charge in [-0.05, 0) is 43.9 Å². The maximum Gasteiger partial charge on any atom is 0.226 e. The fraction of sp³-hybridized carbons (Fsp3) is 0.533. The lowest BCUT2D eigenvalue weighted by molar-refractivity contribution is -0.119. The Hall–Kier alpha value is -1.26. The van der Waals surface area contributed by atoms with Crippen molar-refractivity contribution in [3.63, 3.8) is 0 Å². The Morgan fingerprint density at radius 2 is 2.30 bits per heavy atom. The predicted octanol–water partition coefficient (Wildman–Crippen LogP) is 3.23. The van der Waals surface area contributed by atoms with Crippen LogP contribution >= 0.6 is 11.6 Å². The van der Waals surface area contributed by atoms with Crippen molar-refractivity contribution < 1.29 is 9.53 Å². The summed E-state index contributed by atoms with van der Waals surface area (Å²) in [5.74, 6) is 0.0353. The van der Waals surface area contributed by atoms with Gasteiger partial charge in [0.2, 0.25) is 5.91 Å². The van der Waals surface area contributed by atoms with Gasteiger partial charge in [0.1, 0.15) is 0 Å². The monoisotopic (exact) mass is 296 g/mol. The second kappa shape index (κ2) is 6.95. The normalized spacial score (nSPS) is 18.8. The number of nitrogens with zero attached hydrogens (tertiary/aromatic N) is 1. The van der Waals surface area contributed by atoms with Crippen LogP contribution in [0.4, 0.5) is 11.4 Å². The summed E-state index contributed by atoms with van der Waals surface area (Å²) in [4.78, 5) is 13.8. The van der Waals surface area contributed by atoms with Crippen LogP contribution in [0.25, 0.3) is 0 Å². The van der Waals surface area contributed by atoms with Crippen LogP contribution in [0.5, 0.6) is 0 Å². The molecule has 1 aromatic rings. The molecule has 0 bridgehead atoms. The van der Waals surface area contributed by atoms with Crippen LogP contribution < -0.4 is 10.6 Å². The zero-order valence-corrected chi connectivity index (χ0v) is 12.5. The van der Waals surface area contributed by atoms with Crippen molar-refractivity contribution in [2.24, 2.45) is 0 Å². The molecule has 110 valence electrons. The van der Waals surface area contributed by atoms with Crippen molar-refractivity contribution in [2.75, 3.05) is 24.3 Å². The van der Waals surface area contributed by atoms with E-state index in [1.54, 1.807) is 30.1 Å². The van der Waals surface area contributed by atoms with Crippen molar-refractivity contribution in [1.29, 1.82) is 0 Å². The topological polar surface area (TPSA) is 55.6 Å². The quantitative estimate of drug-likeness (QED) is 0.868. The highest BCUT2D eigenvalue weighted by Crippen LogP contribution is 2.27. The summed E-state index contributed by atoms with van der Waals surface area (Å²) in [5, 5.41) is 0.574. The molecule has 1 saturated heterocycles. The molecule has 5 heteroatoms. The van der Waals surface area contributed by atoms with Gasteiger partial charge in [-0.1, -0.05) is 11.6 Å². The van der Waals surface area contributed by atoms with E-state index in [-0.39, 0.29) is 12.0 Å². The highest BCUT2D eigenvalue weighted by molar-refractivity contribution is 6.31. The molecule has 1 aliphatic heterocycles. The van der Waals surface area contributed by atoms with Gasteiger partial charge in [-0.15, -0.1) is 0 Å². The van der Waals surface area contributed by atoms with Gasteiger partial charge in [0.15, 0.2) is 0 Å². The van der Waals surface area contributed by atoms with Gasteiger partial charge in [0.25, 0.3) is 0 Å². The minimum atomic E-state index is 0.0353. The summed E-state index contributed by atoms with van der Waals surface area (Å²) in [6.07, 6.45) is 4.82. The Labute approximate surface area is 124 Å². The molecule has 0 spiro atoms. The summed E-state index contributed by atoms with van der Waals surface area (Å²) in [6, 6.07) is 5.15. The molecule has 0 aromatic heterocycles. The van der Waals surface area contributed by atoms with Gasteiger partial charge in [0, 0.05) is 25.1 Å². The van der Waals surface area contributed by atoms with Gasteiger partial charge >= 0.3 is 0 Å². The van der Waals surface area contributed by atoms with Gasteiger partial charge in [0.05, 0.1) is 17.5 Å². The number of benzene rings is 1. The van der Waals surface area contributed by atoms with Crippen LogP contribution in [-0.2, 0) is 9.53 Å². The minimum Gasteiger partial charge on any atom is -0.397 e. The number of hydrogen-bond acceptors (Lipinski definition) is 3. The number of hydrogen-bond donors (Lipinski definition) is 1. The summed E-state index contributed by atoms with van der Waals surface area (Å²) in [6.45, 7) is 0.815. The van der Waals surface area contributed by atoms with E-state index in [2.05, 4.69) is 0 Å². The zero-order chi connectivity index (χ0) is 14.5. The zero-order valence-electron chi connectivity index (χ0n) is 11.8. The number of anilines is 2. The van der Waals surface area contributed by atoms with Crippen molar-refractivity contribution in [1.82, 2.24) is 0 Å². The molecule has 1 aromatic carbocycles. The first-order chi connectivity index (χ1) is 9.58. The van der Waals surface area contributed by atoms with E-state index >= 15 is 0 Å². The second-order valence-electron chi connectivity index (χ2n) is 5.18. The number of rotatable bonds is 4. The molecule has 1 aliphatic rings. The number of carbonyl (C=O) groups excluding carboxylic acids is 1. The molecular weight excluding hydrogens is 276 g/mol. The third kappa shape index (κ3) is 3.87. The maximum atomic E-state index is 12.2. The Morgan fingerprint density at radius 1 is 1.50 bits per heavy atom. The first kappa shape index (κ1) is 15.1. The Bertz CT molecular complexity index is 473. The first-order valence-electron chi connectivity index (χ1n) is 7.01. The highest BCUT2D eigenvalue weighted by atomic mass is 35.5. The first-order valence-corrected chi connectivity index (χ1v) is 7.39. The van der Waals surface area contributed by atoms with Gasteiger partial charge in [-0.2, -0.15) is 0 Å². The van der Waals surface area contributed by atoms with E-state index in [4.69, 9.17) is 22.1 Å².